The minimum Gasteiger partial charge on any atom is -0.394 e. The van der Waals surface area contributed by atoms with Gasteiger partial charge in [0.15, 0.2) is 18.9 Å². The van der Waals surface area contributed by atoms with Gasteiger partial charge in [0, 0.05) is 6.42 Å². The van der Waals surface area contributed by atoms with E-state index >= 15 is 0 Å². The van der Waals surface area contributed by atoms with E-state index in [0.717, 1.165) is 128 Å². The van der Waals surface area contributed by atoms with Gasteiger partial charge in [-0.3, -0.25) is 4.79 Å². The lowest BCUT2D eigenvalue weighted by atomic mass is 9.96. The molecule has 110 heavy (non-hydrogen) atoms. The molecule has 0 spiro atoms. The van der Waals surface area contributed by atoms with Gasteiger partial charge in [-0.05, 0) is 128 Å². The molecule has 17 atom stereocenters. The van der Waals surface area contributed by atoms with Crippen molar-refractivity contribution in [1.82, 2.24) is 5.32 Å². The second-order valence-corrected chi connectivity index (χ2v) is 29.2. The molecular formula is C91H149NO18. The van der Waals surface area contributed by atoms with Gasteiger partial charge in [0.25, 0.3) is 0 Å². The van der Waals surface area contributed by atoms with Crippen molar-refractivity contribution in [2.45, 2.75) is 369 Å². The Morgan fingerprint density at radius 1 is 0.336 bits per heavy atom. The van der Waals surface area contributed by atoms with E-state index in [9.17, 15) is 61.0 Å². The molecule has 3 aliphatic rings. The first-order chi connectivity index (χ1) is 53.8. The number of ether oxygens (including phenoxy) is 6. The molecule has 12 N–H and O–H groups in total. The van der Waals surface area contributed by atoms with Crippen LogP contribution in [0.15, 0.2) is 170 Å². The highest BCUT2D eigenvalue weighted by Gasteiger charge is 2.54. The number of hydrogen-bond donors (Lipinski definition) is 12. The number of allylic oxidation sites excluding steroid dienone is 27. The van der Waals surface area contributed by atoms with Crippen molar-refractivity contribution in [3.05, 3.63) is 170 Å². The third kappa shape index (κ3) is 47.1. The number of unbranched alkanes of at least 4 members (excludes halogenated alkanes) is 23. The van der Waals surface area contributed by atoms with E-state index in [1.807, 2.05) is 6.08 Å². The summed E-state index contributed by atoms with van der Waals surface area (Å²) in [5.41, 5.74) is 0. The molecule has 19 nitrogen and oxygen atoms in total. The van der Waals surface area contributed by atoms with E-state index in [4.69, 9.17) is 28.4 Å². The lowest BCUT2D eigenvalue weighted by Gasteiger charge is -2.48. The highest BCUT2D eigenvalue weighted by molar-refractivity contribution is 5.76. The van der Waals surface area contributed by atoms with E-state index in [0.29, 0.717) is 12.8 Å². The normalized spacial score (nSPS) is 26.1. The zero-order chi connectivity index (χ0) is 79.5. The Hall–Kier alpha value is -4.85. The summed E-state index contributed by atoms with van der Waals surface area (Å²) in [6.45, 7) is 1.58. The van der Waals surface area contributed by atoms with Crippen molar-refractivity contribution >= 4 is 5.91 Å². The SMILES string of the molecule is CC/C=C\C/C=C\C/C=C\C/C=C\C/C=C\C/C=C\C/C=C\C/C=C\C/C=C\C/C=C\C/C=C\CCCCCCCC(=O)NC(COC1OC(CO)C(OC2OC(CO)C(OC3OC(CO)C(O)C(O)C3O)C(O)C2O)C(O)C1O)C(O)/C=C/CC/C=C/CC/C=C/CCCCCCCCCCCCCCCCCC. The summed E-state index contributed by atoms with van der Waals surface area (Å²) in [5.74, 6) is -0.314. The molecule has 3 heterocycles. The molecule has 3 rings (SSSR count). The fraction of sp³-hybridized carbons (Fsp3) is 0.681. The van der Waals surface area contributed by atoms with E-state index in [2.05, 4.69) is 177 Å². The molecule has 19 heteroatoms. The number of aliphatic hydroxyl groups excluding tert-OH is 11. The van der Waals surface area contributed by atoms with Crippen LogP contribution >= 0.6 is 0 Å². The Labute approximate surface area is 662 Å². The first-order valence-corrected chi connectivity index (χ1v) is 42.4. The van der Waals surface area contributed by atoms with Gasteiger partial charge in [-0.15, -0.1) is 0 Å². The second-order valence-electron chi connectivity index (χ2n) is 29.2. The Bertz CT molecular complexity index is 2660. The van der Waals surface area contributed by atoms with Crippen molar-refractivity contribution in [1.29, 1.82) is 0 Å². The zero-order valence-electron chi connectivity index (χ0n) is 67.2. The van der Waals surface area contributed by atoms with Gasteiger partial charge in [-0.1, -0.05) is 300 Å². The van der Waals surface area contributed by atoms with Crippen LogP contribution in [0.1, 0.15) is 264 Å². The van der Waals surface area contributed by atoms with Gasteiger partial charge in [0.2, 0.25) is 5.91 Å². The molecule has 0 radical (unpaired) electrons. The fourth-order valence-electron chi connectivity index (χ4n) is 13.0. The molecule has 1 amide bonds. The summed E-state index contributed by atoms with van der Waals surface area (Å²) in [6.07, 6.45) is 76.2. The van der Waals surface area contributed by atoms with Gasteiger partial charge in [0.05, 0.1) is 38.6 Å². The number of rotatable bonds is 65. The zero-order valence-corrected chi connectivity index (χ0v) is 67.2. The maximum absolute atomic E-state index is 13.5. The third-order valence-electron chi connectivity index (χ3n) is 19.7. The number of carbonyl (C=O) groups is 1. The van der Waals surface area contributed by atoms with Gasteiger partial charge in [0.1, 0.15) is 73.2 Å². The van der Waals surface area contributed by atoms with Crippen molar-refractivity contribution in [2.75, 3.05) is 26.4 Å². The average molecular weight is 1550 g/mol. The second kappa shape index (κ2) is 68.5. The van der Waals surface area contributed by atoms with Gasteiger partial charge < -0.3 is 89.9 Å². The quantitative estimate of drug-likeness (QED) is 0.0199. The van der Waals surface area contributed by atoms with Crippen LogP contribution in [0.5, 0.6) is 0 Å². The predicted octanol–water partition coefficient (Wildman–Crippen LogP) is 15.3. The van der Waals surface area contributed by atoms with Crippen LogP contribution in [0, 0.1) is 0 Å². The Morgan fingerprint density at radius 2 is 0.636 bits per heavy atom. The molecule has 17 unspecified atom stereocenters. The number of nitrogens with one attached hydrogen (secondary N) is 1. The molecule has 0 aliphatic carbocycles. The van der Waals surface area contributed by atoms with Crippen LogP contribution in [-0.2, 0) is 33.2 Å². The third-order valence-corrected chi connectivity index (χ3v) is 19.7. The van der Waals surface area contributed by atoms with Crippen LogP contribution in [-0.4, -0.2) is 193 Å². The molecule has 0 aromatic heterocycles. The molecule has 3 fully saturated rings. The number of amides is 1. The maximum Gasteiger partial charge on any atom is 0.220 e. The topological polar surface area (TPSA) is 307 Å². The lowest BCUT2D eigenvalue weighted by Crippen LogP contribution is -2.66. The maximum atomic E-state index is 13.5. The summed E-state index contributed by atoms with van der Waals surface area (Å²) in [5, 5.41) is 121. The summed E-state index contributed by atoms with van der Waals surface area (Å²) in [6, 6.07) is -1.02. The summed E-state index contributed by atoms with van der Waals surface area (Å²) < 4.78 is 34.4. The molecular weight excluding hydrogens is 1390 g/mol. The molecule has 626 valence electrons. The number of aliphatic hydroxyl groups is 11. The number of carbonyl (C=O) groups excluding carboxylic acids is 1. The predicted molar refractivity (Wildman–Crippen MR) is 442 cm³/mol. The van der Waals surface area contributed by atoms with Gasteiger partial charge in [-0.2, -0.15) is 0 Å². The van der Waals surface area contributed by atoms with Crippen molar-refractivity contribution in [2.24, 2.45) is 0 Å². The molecule has 0 aromatic carbocycles. The van der Waals surface area contributed by atoms with Crippen molar-refractivity contribution in [3.8, 4) is 0 Å². The van der Waals surface area contributed by atoms with E-state index in [1.165, 1.54) is 103 Å². The standard InChI is InChI=1S/C91H149NO18/c1-3-5-7-9-11-13-15-17-19-21-23-25-27-29-31-32-33-34-35-36-37-38-39-40-41-42-43-45-47-49-51-53-55-57-59-61-63-65-67-69-79(97)92-74(75(96)68-66-64-62-60-58-56-54-52-50-48-46-44-30-28-26-24-22-20-18-16-14-12-10-8-6-4-2)73-105-89-85(103)82(100)87(77(71-94)107-89)110-91-86(104)83(101)88(78(72-95)108-91)109-90-84(102)81(99)80(98)76(70-93)106-90/h5,7,11,13,17,19,23,25,29,31,33-34,36-37,39-40,42-43,47,49-50,52-53,55,58,60,66,68,74-78,80-91,93-96,98-104H,3-4,6,8-10,12,14-16,18,20-22,24,26-28,30,32,35,38,41,44-46,48,51,54,56-57,59,61-65,67,69-73H2,1-2H3,(H,92,97)/b7-5-,13-11-,19-17-,25-23-,31-29-,34-33-,37-36-,40-39-,43-42-,49-47-,52-50+,55-53-,60-58+,68-66+. The van der Waals surface area contributed by atoms with Gasteiger partial charge >= 0.3 is 0 Å². The molecule has 0 saturated carbocycles. The van der Waals surface area contributed by atoms with Crippen LogP contribution < -0.4 is 5.32 Å². The average Bonchev–Trinajstić information content (AvgIpc) is 0.780. The summed E-state index contributed by atoms with van der Waals surface area (Å²) >= 11 is 0. The highest BCUT2D eigenvalue weighted by atomic mass is 16.8. The Morgan fingerprint density at radius 3 is 1.02 bits per heavy atom. The van der Waals surface area contributed by atoms with Crippen LogP contribution in [0.25, 0.3) is 0 Å². The summed E-state index contributed by atoms with van der Waals surface area (Å²) in [7, 11) is 0. The van der Waals surface area contributed by atoms with Crippen LogP contribution in [0.2, 0.25) is 0 Å². The molecule has 3 saturated heterocycles. The summed E-state index contributed by atoms with van der Waals surface area (Å²) in [4.78, 5) is 13.5. The number of hydrogen-bond acceptors (Lipinski definition) is 18. The van der Waals surface area contributed by atoms with E-state index in [1.54, 1.807) is 6.08 Å². The molecule has 0 aromatic rings. The van der Waals surface area contributed by atoms with Crippen LogP contribution in [0.3, 0.4) is 0 Å². The van der Waals surface area contributed by atoms with E-state index in [-0.39, 0.29) is 12.3 Å². The van der Waals surface area contributed by atoms with E-state index < -0.39 is 131 Å². The minimum absolute atomic E-state index is 0.198. The molecule has 3 aliphatic heterocycles. The minimum atomic E-state index is -1.99. The largest absolute Gasteiger partial charge is 0.394 e. The fourth-order valence-corrected chi connectivity index (χ4v) is 13.0. The monoisotopic (exact) mass is 1540 g/mol. The van der Waals surface area contributed by atoms with Crippen molar-refractivity contribution < 1.29 is 89.4 Å². The highest BCUT2D eigenvalue weighted by Crippen LogP contribution is 2.33. The smallest absolute Gasteiger partial charge is 0.220 e. The van der Waals surface area contributed by atoms with Gasteiger partial charge in [-0.25, -0.2) is 0 Å². The Kier molecular flexibility index (Phi) is 61.9. The Balaban J connectivity index is 1.39. The first kappa shape index (κ1) is 99.3. The lowest BCUT2D eigenvalue weighted by molar-refractivity contribution is -0.379. The molecule has 0 bridgehead atoms. The first-order valence-electron chi connectivity index (χ1n) is 42.4. The van der Waals surface area contributed by atoms with Crippen LogP contribution in [0.4, 0.5) is 0 Å². The van der Waals surface area contributed by atoms with Crippen molar-refractivity contribution in [3.63, 3.8) is 0 Å².